The van der Waals surface area contributed by atoms with Crippen LogP contribution in [0.3, 0.4) is 0 Å². The van der Waals surface area contributed by atoms with E-state index < -0.39 is 18.2 Å². The Kier molecular flexibility index (Phi) is 4.36. The number of amides is 3. The van der Waals surface area contributed by atoms with Crippen molar-refractivity contribution in [2.45, 2.75) is 26.0 Å². The predicted octanol–water partition coefficient (Wildman–Crippen LogP) is 2.89. The summed E-state index contributed by atoms with van der Waals surface area (Å²) in [4.78, 5) is 27.8. The summed E-state index contributed by atoms with van der Waals surface area (Å²) in [5, 5.41) is 10.3. The maximum atomic E-state index is 12.7. The van der Waals surface area contributed by atoms with E-state index in [0.29, 0.717) is 11.3 Å². The second kappa shape index (κ2) is 6.45. The average Bonchev–Trinajstić information content (AvgIpc) is 2.80. The highest BCUT2D eigenvalue weighted by Crippen LogP contribution is 2.27. The van der Waals surface area contributed by atoms with Crippen molar-refractivity contribution in [3.63, 3.8) is 0 Å². The average molecular weight is 324 g/mol. The SMILES string of the molecule is Cc1ccc(N2C(=O)N(C[C@@H](O)c3ccccc3)C(=O)[C@H]2C)cc1. The van der Waals surface area contributed by atoms with Gasteiger partial charge in [0.05, 0.1) is 12.6 Å². The molecule has 0 bridgehead atoms. The Morgan fingerprint density at radius 1 is 1.04 bits per heavy atom. The topological polar surface area (TPSA) is 60.9 Å². The molecule has 2 aromatic carbocycles. The lowest BCUT2D eigenvalue weighted by Crippen LogP contribution is -2.36. The Labute approximate surface area is 141 Å². The molecule has 2 aromatic rings. The van der Waals surface area contributed by atoms with E-state index in [2.05, 4.69) is 0 Å². The van der Waals surface area contributed by atoms with Gasteiger partial charge in [-0.25, -0.2) is 4.79 Å². The van der Waals surface area contributed by atoms with Crippen molar-refractivity contribution < 1.29 is 14.7 Å². The first kappa shape index (κ1) is 16.2. The number of hydrogen-bond donors (Lipinski definition) is 1. The van der Waals surface area contributed by atoms with Crippen molar-refractivity contribution >= 4 is 17.6 Å². The first-order chi connectivity index (χ1) is 11.5. The first-order valence-electron chi connectivity index (χ1n) is 7.93. The van der Waals surface area contributed by atoms with Crippen molar-refractivity contribution in [3.8, 4) is 0 Å². The molecule has 1 heterocycles. The van der Waals surface area contributed by atoms with E-state index >= 15 is 0 Å². The van der Waals surface area contributed by atoms with Crippen LogP contribution in [0.25, 0.3) is 0 Å². The van der Waals surface area contributed by atoms with Crippen LogP contribution in [0.5, 0.6) is 0 Å². The summed E-state index contributed by atoms with van der Waals surface area (Å²) in [6.45, 7) is 3.62. The molecule has 1 aliphatic heterocycles. The fraction of sp³-hybridized carbons (Fsp3) is 0.263. The molecule has 5 nitrogen and oxygen atoms in total. The second-order valence-corrected chi connectivity index (χ2v) is 6.04. The lowest BCUT2D eigenvalue weighted by Gasteiger charge is -2.21. The number of carbonyl (C=O) groups is 2. The van der Waals surface area contributed by atoms with Crippen LogP contribution >= 0.6 is 0 Å². The molecular formula is C19H20N2O3. The molecule has 3 amide bonds. The number of benzene rings is 2. The Bertz CT molecular complexity index is 743. The minimum atomic E-state index is -0.899. The molecular weight excluding hydrogens is 304 g/mol. The van der Waals surface area contributed by atoms with Gasteiger partial charge in [0.25, 0.3) is 5.91 Å². The summed E-state index contributed by atoms with van der Waals surface area (Å²) in [5.74, 6) is -0.296. The number of aryl methyl sites for hydroxylation is 1. The normalized spacial score (nSPS) is 19.0. The maximum Gasteiger partial charge on any atom is 0.332 e. The highest BCUT2D eigenvalue weighted by Gasteiger charge is 2.43. The van der Waals surface area contributed by atoms with Gasteiger partial charge in [-0.1, -0.05) is 48.0 Å². The number of nitrogens with zero attached hydrogens (tertiary/aromatic N) is 2. The van der Waals surface area contributed by atoms with E-state index in [0.717, 1.165) is 10.5 Å². The highest BCUT2D eigenvalue weighted by atomic mass is 16.3. The molecule has 0 unspecified atom stereocenters. The van der Waals surface area contributed by atoms with Crippen LogP contribution in [0.1, 0.15) is 24.2 Å². The summed E-state index contributed by atoms with van der Waals surface area (Å²) in [7, 11) is 0. The monoisotopic (exact) mass is 324 g/mol. The second-order valence-electron chi connectivity index (χ2n) is 6.04. The number of aliphatic hydroxyl groups excluding tert-OH is 1. The van der Waals surface area contributed by atoms with Gasteiger partial charge in [-0.3, -0.25) is 14.6 Å². The van der Waals surface area contributed by atoms with Gasteiger partial charge in [0, 0.05) is 5.69 Å². The standard InChI is InChI=1S/C19H20N2O3/c1-13-8-10-16(11-9-13)21-14(2)18(23)20(19(21)24)12-17(22)15-6-4-3-5-7-15/h3-11,14,17,22H,12H2,1-2H3/t14-,17-/m1/s1. The van der Waals surface area contributed by atoms with Crippen molar-refractivity contribution in [2.24, 2.45) is 0 Å². The number of urea groups is 1. The van der Waals surface area contributed by atoms with Gasteiger partial charge in [-0.15, -0.1) is 0 Å². The number of rotatable bonds is 4. The first-order valence-corrected chi connectivity index (χ1v) is 7.93. The van der Waals surface area contributed by atoms with Gasteiger partial charge in [-0.05, 0) is 31.5 Å². The Morgan fingerprint density at radius 3 is 2.29 bits per heavy atom. The van der Waals surface area contributed by atoms with E-state index in [4.69, 9.17) is 0 Å². The number of anilines is 1. The number of aliphatic hydroxyl groups is 1. The number of imide groups is 1. The molecule has 3 rings (SSSR count). The number of carbonyl (C=O) groups excluding carboxylic acids is 2. The molecule has 24 heavy (non-hydrogen) atoms. The molecule has 1 aliphatic rings. The quantitative estimate of drug-likeness (QED) is 0.880. The zero-order valence-electron chi connectivity index (χ0n) is 13.7. The molecule has 0 saturated carbocycles. The van der Waals surface area contributed by atoms with Gasteiger partial charge < -0.3 is 5.11 Å². The summed E-state index contributed by atoms with van der Waals surface area (Å²) in [6.07, 6.45) is -0.899. The van der Waals surface area contributed by atoms with Crippen molar-refractivity contribution in [1.29, 1.82) is 0 Å². The summed E-state index contributed by atoms with van der Waals surface area (Å²) >= 11 is 0. The van der Waals surface area contributed by atoms with Gasteiger partial charge in [-0.2, -0.15) is 0 Å². The Hall–Kier alpha value is -2.66. The minimum absolute atomic E-state index is 0.0472. The van der Waals surface area contributed by atoms with Crippen LogP contribution in [0, 0.1) is 6.92 Å². The molecule has 1 N–H and O–H groups in total. The van der Waals surface area contributed by atoms with Crippen molar-refractivity contribution in [3.05, 3.63) is 65.7 Å². The molecule has 124 valence electrons. The Balaban J connectivity index is 1.81. The largest absolute Gasteiger partial charge is 0.387 e. The fourth-order valence-corrected chi connectivity index (χ4v) is 2.89. The number of β-amino-alcohol motifs (C(OH)–C–C–N with tert-alkyl or cyclic N) is 1. The van der Waals surface area contributed by atoms with Gasteiger partial charge >= 0.3 is 6.03 Å². The third-order valence-electron chi connectivity index (χ3n) is 4.30. The lowest BCUT2D eigenvalue weighted by molar-refractivity contribution is -0.127. The van der Waals surface area contributed by atoms with Gasteiger partial charge in [0.1, 0.15) is 6.04 Å². The van der Waals surface area contributed by atoms with Crippen LogP contribution in [0.2, 0.25) is 0 Å². The zero-order valence-corrected chi connectivity index (χ0v) is 13.7. The molecule has 2 atom stereocenters. The van der Waals surface area contributed by atoms with Crippen LogP contribution in [-0.4, -0.2) is 34.5 Å². The molecule has 5 heteroatoms. The van der Waals surface area contributed by atoms with Crippen molar-refractivity contribution in [2.75, 3.05) is 11.4 Å². The van der Waals surface area contributed by atoms with E-state index in [1.807, 2.05) is 49.4 Å². The Morgan fingerprint density at radius 2 is 1.67 bits per heavy atom. The van der Waals surface area contributed by atoms with Gasteiger partial charge in [0.15, 0.2) is 0 Å². The predicted molar refractivity (Wildman–Crippen MR) is 91.6 cm³/mol. The van der Waals surface area contributed by atoms with E-state index in [-0.39, 0.29) is 12.5 Å². The smallest absolute Gasteiger partial charge is 0.332 e. The molecule has 0 radical (unpaired) electrons. The molecule has 0 aromatic heterocycles. The summed E-state index contributed by atoms with van der Waals surface area (Å²) in [6, 6.07) is 15.5. The molecule has 1 fully saturated rings. The molecule has 0 aliphatic carbocycles. The van der Waals surface area contributed by atoms with E-state index in [1.165, 1.54) is 4.90 Å². The van der Waals surface area contributed by atoms with Crippen LogP contribution in [0.15, 0.2) is 54.6 Å². The van der Waals surface area contributed by atoms with Crippen molar-refractivity contribution in [1.82, 2.24) is 4.90 Å². The van der Waals surface area contributed by atoms with Gasteiger partial charge in [0.2, 0.25) is 0 Å². The minimum Gasteiger partial charge on any atom is -0.387 e. The third-order valence-corrected chi connectivity index (χ3v) is 4.30. The molecule has 1 saturated heterocycles. The summed E-state index contributed by atoms with van der Waals surface area (Å²) < 4.78 is 0. The van der Waals surface area contributed by atoms with E-state index in [9.17, 15) is 14.7 Å². The highest BCUT2D eigenvalue weighted by molar-refractivity contribution is 6.14. The molecule has 0 spiro atoms. The van der Waals surface area contributed by atoms with Crippen LogP contribution in [-0.2, 0) is 4.79 Å². The number of hydrogen-bond acceptors (Lipinski definition) is 3. The maximum absolute atomic E-state index is 12.7. The zero-order chi connectivity index (χ0) is 17.3. The van der Waals surface area contributed by atoms with Crippen LogP contribution in [0.4, 0.5) is 10.5 Å². The fourth-order valence-electron chi connectivity index (χ4n) is 2.89. The summed E-state index contributed by atoms with van der Waals surface area (Å²) in [5.41, 5.74) is 2.45. The van der Waals surface area contributed by atoms with E-state index in [1.54, 1.807) is 19.1 Å². The third kappa shape index (κ3) is 2.90. The van der Waals surface area contributed by atoms with Crippen LogP contribution < -0.4 is 4.90 Å². The lowest BCUT2D eigenvalue weighted by atomic mass is 10.1.